The van der Waals surface area contributed by atoms with Gasteiger partial charge in [-0.25, -0.2) is 27.2 Å². The molecular weight excluding hydrogens is 550 g/mol. The third-order valence-electron chi connectivity index (χ3n) is 6.18. The summed E-state index contributed by atoms with van der Waals surface area (Å²) in [7, 11) is -0.400. The van der Waals surface area contributed by atoms with E-state index in [9.17, 15) is 17.2 Å². The van der Waals surface area contributed by atoms with Gasteiger partial charge in [-0.1, -0.05) is 11.6 Å². The van der Waals surface area contributed by atoms with E-state index in [2.05, 4.69) is 34.9 Å². The maximum absolute atomic E-state index is 14.8. The molecule has 1 aliphatic rings. The minimum atomic E-state index is -4.31. The Morgan fingerprint density at radius 3 is 2.26 bits per heavy atom. The Balaban J connectivity index is 1.82. The smallest absolute Gasteiger partial charge is 0.257 e. The predicted molar refractivity (Wildman–Crippen MR) is 130 cm³/mol. The van der Waals surface area contributed by atoms with Crippen molar-refractivity contribution in [3.05, 3.63) is 35.4 Å². The molecule has 1 N–H and O–H groups in total. The first-order chi connectivity index (χ1) is 18.0. The van der Waals surface area contributed by atoms with Crippen LogP contribution in [0.1, 0.15) is 49.9 Å². The van der Waals surface area contributed by atoms with Crippen LogP contribution in [0.3, 0.4) is 0 Å². The average molecular weight is 575 g/mol. The second-order valence-electron chi connectivity index (χ2n) is 8.43. The summed E-state index contributed by atoms with van der Waals surface area (Å²) >= 11 is 5.84. The first-order valence-electron chi connectivity index (χ1n) is 11.3. The molecule has 0 bridgehead atoms. The minimum absolute atomic E-state index is 0.0464. The highest BCUT2D eigenvalue weighted by Crippen LogP contribution is 2.48. The van der Waals surface area contributed by atoms with Crippen LogP contribution in [0.5, 0.6) is 11.8 Å². The summed E-state index contributed by atoms with van der Waals surface area (Å²) in [5.74, 6) is -5.12. The highest BCUT2D eigenvalue weighted by Gasteiger charge is 2.48. The van der Waals surface area contributed by atoms with E-state index in [1.807, 2.05) is 0 Å². The molecule has 1 fully saturated rings. The van der Waals surface area contributed by atoms with Crippen LogP contribution in [0, 0.1) is 0 Å². The van der Waals surface area contributed by atoms with Crippen molar-refractivity contribution < 1.29 is 31.4 Å². The second kappa shape index (κ2) is 10.9. The normalized spacial score (nSPS) is 18.7. The van der Waals surface area contributed by atoms with Crippen LogP contribution in [0.25, 0.3) is 5.69 Å². The summed E-state index contributed by atoms with van der Waals surface area (Å²) < 4.78 is 76.1. The van der Waals surface area contributed by atoms with E-state index >= 15 is 0 Å². The first-order valence-corrected chi connectivity index (χ1v) is 13.2. The number of ether oxygens (including phenoxy) is 3. The third kappa shape index (κ3) is 5.19. The Labute approximate surface area is 222 Å². The molecule has 206 valence electrons. The van der Waals surface area contributed by atoms with E-state index in [1.165, 1.54) is 40.6 Å². The number of aromatic nitrogens is 7. The molecule has 0 unspecified atom stereocenters. The molecule has 3 aromatic heterocycles. The van der Waals surface area contributed by atoms with Crippen LogP contribution >= 0.6 is 11.6 Å². The molecule has 3 atom stereocenters. The molecule has 0 amide bonds. The number of anilines is 1. The molecule has 1 aliphatic carbocycles. The zero-order chi connectivity index (χ0) is 27.7. The fraction of sp³-hybridized carbons (Fsp3) is 0.524. The molecule has 1 saturated carbocycles. The lowest BCUT2D eigenvalue weighted by Gasteiger charge is -2.23. The Morgan fingerprint density at radius 2 is 1.74 bits per heavy atom. The van der Waals surface area contributed by atoms with Crippen molar-refractivity contribution in [2.45, 2.75) is 49.4 Å². The molecule has 0 spiro atoms. The number of hydrogen-bond donors (Lipinski definition) is 1. The number of halogens is 3. The van der Waals surface area contributed by atoms with Gasteiger partial charge in [-0.05, 0) is 19.8 Å². The van der Waals surface area contributed by atoms with Gasteiger partial charge in [0.25, 0.3) is 5.92 Å². The Bertz CT molecular complexity index is 1370. The van der Waals surface area contributed by atoms with Crippen molar-refractivity contribution in [3.63, 3.8) is 0 Å². The van der Waals surface area contributed by atoms with E-state index in [-0.39, 0.29) is 53.4 Å². The molecule has 17 heteroatoms. The van der Waals surface area contributed by atoms with Crippen molar-refractivity contribution in [3.8, 4) is 17.4 Å². The van der Waals surface area contributed by atoms with Gasteiger partial charge in [0.05, 0.1) is 25.2 Å². The van der Waals surface area contributed by atoms with Gasteiger partial charge >= 0.3 is 0 Å². The summed E-state index contributed by atoms with van der Waals surface area (Å²) in [6.45, 7) is 1.37. The molecule has 0 radical (unpaired) electrons. The zero-order valence-corrected chi connectivity index (χ0v) is 22.4. The molecule has 0 saturated heterocycles. The minimum Gasteiger partial charge on any atom is -0.479 e. The molecule has 3 aromatic rings. The molecule has 13 nitrogen and oxygen atoms in total. The average Bonchev–Trinajstić information content (AvgIpc) is 3.45. The SMILES string of the molecule is COc1ncnc(OC)c1-n1c(NS(=O)(=O)[C@@H](C)[C@H](OC)c2ncc(Cl)cn2)nnc1[C@H]1CCCC1(F)F. The fourth-order valence-electron chi connectivity index (χ4n) is 4.25. The number of sulfonamides is 1. The maximum Gasteiger partial charge on any atom is 0.257 e. The van der Waals surface area contributed by atoms with E-state index in [1.54, 1.807) is 0 Å². The maximum atomic E-state index is 14.8. The van der Waals surface area contributed by atoms with Crippen molar-refractivity contribution in [2.75, 3.05) is 26.1 Å². The Kier molecular flexibility index (Phi) is 7.94. The van der Waals surface area contributed by atoms with E-state index in [0.29, 0.717) is 0 Å². The van der Waals surface area contributed by atoms with Crippen molar-refractivity contribution >= 4 is 27.6 Å². The highest BCUT2D eigenvalue weighted by atomic mass is 35.5. The van der Waals surface area contributed by atoms with Crippen LogP contribution in [0.15, 0.2) is 18.7 Å². The number of nitrogens with one attached hydrogen (secondary N) is 1. The lowest BCUT2D eigenvalue weighted by Crippen LogP contribution is -2.33. The van der Waals surface area contributed by atoms with Gasteiger partial charge in [-0.3, -0.25) is 9.29 Å². The highest BCUT2D eigenvalue weighted by molar-refractivity contribution is 7.93. The Morgan fingerprint density at radius 1 is 1.11 bits per heavy atom. The molecular formula is C21H25ClF2N8O5S. The number of hydrogen-bond acceptors (Lipinski definition) is 11. The van der Waals surface area contributed by atoms with Gasteiger partial charge in [-0.2, -0.15) is 9.97 Å². The summed E-state index contributed by atoms with van der Waals surface area (Å²) in [6.07, 6.45) is 2.66. The van der Waals surface area contributed by atoms with Crippen LogP contribution in [0.2, 0.25) is 5.02 Å². The zero-order valence-electron chi connectivity index (χ0n) is 20.8. The van der Waals surface area contributed by atoms with Crippen LogP contribution < -0.4 is 14.2 Å². The molecule has 4 rings (SSSR count). The molecule has 0 aliphatic heterocycles. The van der Waals surface area contributed by atoms with Crippen LogP contribution in [0.4, 0.5) is 14.7 Å². The molecule has 38 heavy (non-hydrogen) atoms. The first kappa shape index (κ1) is 27.8. The number of methoxy groups -OCH3 is 3. The predicted octanol–water partition coefficient (Wildman–Crippen LogP) is 2.94. The second-order valence-corrected chi connectivity index (χ2v) is 10.9. The van der Waals surface area contributed by atoms with E-state index in [0.717, 1.165) is 10.9 Å². The largest absolute Gasteiger partial charge is 0.479 e. The number of nitrogens with zero attached hydrogens (tertiary/aromatic N) is 7. The van der Waals surface area contributed by atoms with Gasteiger partial charge in [0.2, 0.25) is 27.7 Å². The monoisotopic (exact) mass is 574 g/mol. The Hall–Kier alpha value is -3.24. The van der Waals surface area contributed by atoms with E-state index in [4.69, 9.17) is 25.8 Å². The molecule has 3 heterocycles. The van der Waals surface area contributed by atoms with Gasteiger partial charge in [0.1, 0.15) is 23.5 Å². The van der Waals surface area contributed by atoms with Gasteiger partial charge in [0, 0.05) is 25.9 Å². The van der Waals surface area contributed by atoms with Gasteiger partial charge in [0.15, 0.2) is 11.5 Å². The van der Waals surface area contributed by atoms with E-state index < -0.39 is 39.2 Å². The summed E-state index contributed by atoms with van der Waals surface area (Å²) in [6, 6.07) is 0. The van der Waals surface area contributed by atoms with Crippen molar-refractivity contribution in [1.29, 1.82) is 0 Å². The lowest BCUT2D eigenvalue weighted by atomic mass is 10.0. The number of rotatable bonds is 10. The molecule has 0 aromatic carbocycles. The fourth-order valence-corrected chi connectivity index (χ4v) is 5.48. The number of alkyl halides is 2. The summed E-state index contributed by atoms with van der Waals surface area (Å²) in [4.78, 5) is 16.1. The topological polar surface area (TPSA) is 156 Å². The van der Waals surface area contributed by atoms with Crippen molar-refractivity contribution in [1.82, 2.24) is 34.7 Å². The van der Waals surface area contributed by atoms with Crippen molar-refractivity contribution in [2.24, 2.45) is 0 Å². The van der Waals surface area contributed by atoms with Crippen LogP contribution in [-0.2, 0) is 14.8 Å². The van der Waals surface area contributed by atoms with Gasteiger partial charge < -0.3 is 14.2 Å². The van der Waals surface area contributed by atoms with Gasteiger partial charge in [-0.15, -0.1) is 10.2 Å². The summed E-state index contributed by atoms with van der Waals surface area (Å²) in [5.41, 5.74) is -0.0464. The quantitative estimate of drug-likeness (QED) is 0.379. The van der Waals surface area contributed by atoms with Crippen LogP contribution in [-0.4, -0.2) is 75.6 Å². The third-order valence-corrected chi connectivity index (χ3v) is 8.06. The standard InChI is InChI=1S/C21H25ClF2N8O5S/c1-11(15(35-2)16-25-8-12(22)9-26-16)38(33,34)31-20-30-29-17(13-6-5-7-21(13,23)24)32(20)14-18(36-3)27-10-28-19(14)37-4/h8-11,13,15H,5-7H2,1-4H3,(H,30,31)/t11-,13+,15-/m0/s1. The lowest BCUT2D eigenvalue weighted by molar-refractivity contribution is -0.0117. The summed E-state index contributed by atoms with van der Waals surface area (Å²) in [5, 5.41) is 6.88.